The van der Waals surface area contributed by atoms with Gasteiger partial charge in [-0.2, -0.15) is 0 Å². The molecule has 0 amide bonds. The van der Waals surface area contributed by atoms with Gasteiger partial charge in [0.25, 0.3) is 0 Å². The van der Waals surface area contributed by atoms with Gasteiger partial charge in [0.2, 0.25) is 0 Å². The summed E-state index contributed by atoms with van der Waals surface area (Å²) in [4.78, 5) is 26.6. The molecule has 4 atom stereocenters. The number of halogens is 1. The monoisotopic (exact) mass is 533 g/mol. The summed E-state index contributed by atoms with van der Waals surface area (Å²) in [6.45, 7) is 6.62. The molecule has 0 spiro atoms. The number of carbonyl (C=O) groups excluding carboxylic acids is 2. The highest BCUT2D eigenvalue weighted by Gasteiger charge is 2.41. The summed E-state index contributed by atoms with van der Waals surface area (Å²) in [6, 6.07) is 7.75. The Morgan fingerprint density at radius 1 is 1.11 bits per heavy atom. The molecule has 1 aliphatic carbocycles. The van der Waals surface area contributed by atoms with E-state index < -0.39 is 6.10 Å². The normalized spacial score (nSPS) is 24.5. The number of benzene rings is 1. The van der Waals surface area contributed by atoms with Crippen LogP contribution in [-0.4, -0.2) is 72.7 Å². The fraction of sp³-hybridized carbons (Fsp3) is 0.667. The van der Waals surface area contributed by atoms with Gasteiger partial charge < -0.3 is 14.6 Å². The zero-order chi connectivity index (χ0) is 26.5. The van der Waals surface area contributed by atoms with Crippen molar-refractivity contribution in [2.45, 2.75) is 82.1 Å². The molecule has 3 rings (SSSR count). The lowest BCUT2D eigenvalue weighted by Gasteiger charge is -2.26. The standard InChI is InChI=1S/C30H44ClNO5/c1-2-3-6-10-27(33)23-12-14-24(15-13-23)30-25(26(31)22-28(30)34)9-7-4-5-8-11-29(35)37-21-18-32-16-19-36-20-17-32/h4,7,12-15,25-26,28,30,34H,2-3,5-6,8-11,16-22H2,1H3/t25-,26+,28?,30+/m0/s1. The third-order valence-corrected chi connectivity index (χ3v) is 8.03. The lowest BCUT2D eigenvalue weighted by atomic mass is 9.85. The smallest absolute Gasteiger partial charge is 0.305 e. The first-order chi connectivity index (χ1) is 18.0. The van der Waals surface area contributed by atoms with E-state index in [1.807, 2.05) is 24.3 Å². The number of ether oxygens (including phenoxy) is 2. The van der Waals surface area contributed by atoms with Crippen LogP contribution < -0.4 is 0 Å². The number of rotatable bonds is 15. The molecule has 0 bridgehead atoms. The van der Waals surface area contributed by atoms with Gasteiger partial charge in [0.05, 0.1) is 19.3 Å². The maximum atomic E-state index is 12.4. The molecule has 2 fully saturated rings. The van der Waals surface area contributed by atoms with Gasteiger partial charge in [0, 0.05) is 49.3 Å². The SMILES string of the molecule is CCCCCC(=O)c1ccc([C@H]2C(O)C[C@@H](Cl)[C@@H]2CC=CCCCC(=O)OCCN2CCOCC2)cc1. The zero-order valence-electron chi connectivity index (χ0n) is 22.3. The van der Waals surface area contributed by atoms with Crippen molar-refractivity contribution in [3.8, 4) is 0 Å². The molecular weight excluding hydrogens is 490 g/mol. The fourth-order valence-corrected chi connectivity index (χ4v) is 5.76. The van der Waals surface area contributed by atoms with E-state index in [-0.39, 0.29) is 29.0 Å². The number of carbonyl (C=O) groups is 2. The van der Waals surface area contributed by atoms with E-state index in [1.165, 1.54) is 0 Å². The van der Waals surface area contributed by atoms with Gasteiger partial charge in [-0.3, -0.25) is 14.5 Å². The van der Waals surface area contributed by atoms with Crippen molar-refractivity contribution in [2.75, 3.05) is 39.5 Å². The number of aliphatic hydroxyl groups is 1. The summed E-state index contributed by atoms with van der Waals surface area (Å²) in [5.74, 6) is 0.124. The lowest BCUT2D eigenvalue weighted by molar-refractivity contribution is -0.144. The van der Waals surface area contributed by atoms with Crippen LogP contribution in [-0.2, 0) is 14.3 Å². The number of aliphatic hydroxyl groups excluding tert-OH is 1. The van der Waals surface area contributed by atoms with Crippen LogP contribution in [0.2, 0.25) is 0 Å². The van der Waals surface area contributed by atoms with Gasteiger partial charge >= 0.3 is 5.97 Å². The van der Waals surface area contributed by atoms with Crippen LogP contribution in [0.4, 0.5) is 0 Å². The van der Waals surface area contributed by atoms with Gasteiger partial charge in [-0.25, -0.2) is 0 Å². The van der Waals surface area contributed by atoms with Crippen molar-refractivity contribution in [1.82, 2.24) is 4.90 Å². The van der Waals surface area contributed by atoms with Gasteiger partial charge in [-0.05, 0) is 43.6 Å². The van der Waals surface area contributed by atoms with Crippen molar-refractivity contribution in [1.29, 1.82) is 0 Å². The minimum Gasteiger partial charge on any atom is -0.464 e. The summed E-state index contributed by atoms with van der Waals surface area (Å²) in [5, 5.41) is 10.6. The maximum Gasteiger partial charge on any atom is 0.305 e. The van der Waals surface area contributed by atoms with Crippen LogP contribution in [0.3, 0.4) is 0 Å². The Morgan fingerprint density at radius 3 is 2.59 bits per heavy atom. The number of morpholine rings is 1. The van der Waals surface area contributed by atoms with Gasteiger partial charge in [0.15, 0.2) is 5.78 Å². The molecular formula is C30H44ClNO5. The first kappa shape index (κ1) is 29.8. The number of allylic oxidation sites excluding steroid dienone is 2. The Kier molecular flexibility index (Phi) is 13.1. The minimum absolute atomic E-state index is 0.0437. The molecule has 206 valence electrons. The molecule has 1 aliphatic heterocycles. The molecule has 1 unspecified atom stereocenters. The Bertz CT molecular complexity index is 852. The molecule has 1 saturated carbocycles. The van der Waals surface area contributed by atoms with Crippen LogP contribution in [0.1, 0.15) is 86.6 Å². The quantitative estimate of drug-likeness (QED) is 0.105. The van der Waals surface area contributed by atoms with E-state index in [1.54, 1.807) is 0 Å². The largest absolute Gasteiger partial charge is 0.464 e. The molecule has 1 aromatic carbocycles. The number of esters is 1. The number of Topliss-reactive ketones (excluding diaryl/α,β-unsaturated/α-hetero) is 1. The van der Waals surface area contributed by atoms with E-state index in [4.69, 9.17) is 21.1 Å². The summed E-state index contributed by atoms with van der Waals surface area (Å²) in [6.07, 6.45) is 10.7. The van der Waals surface area contributed by atoms with Crippen molar-refractivity contribution in [2.24, 2.45) is 5.92 Å². The molecule has 1 aromatic rings. The molecule has 1 heterocycles. The number of hydrogen-bond acceptors (Lipinski definition) is 6. The molecule has 2 aliphatic rings. The van der Waals surface area contributed by atoms with Crippen LogP contribution in [0.15, 0.2) is 36.4 Å². The van der Waals surface area contributed by atoms with Crippen molar-refractivity contribution in [3.63, 3.8) is 0 Å². The Hall–Kier alpha value is -1.73. The number of nitrogens with zero attached hydrogens (tertiary/aromatic N) is 1. The van der Waals surface area contributed by atoms with E-state index in [9.17, 15) is 14.7 Å². The van der Waals surface area contributed by atoms with Crippen molar-refractivity contribution < 1.29 is 24.2 Å². The minimum atomic E-state index is -0.487. The highest BCUT2D eigenvalue weighted by molar-refractivity contribution is 6.21. The van der Waals surface area contributed by atoms with E-state index in [0.29, 0.717) is 25.9 Å². The van der Waals surface area contributed by atoms with Crippen LogP contribution >= 0.6 is 11.6 Å². The summed E-state index contributed by atoms with van der Waals surface area (Å²) < 4.78 is 10.7. The Morgan fingerprint density at radius 2 is 1.86 bits per heavy atom. The van der Waals surface area contributed by atoms with Gasteiger partial charge in [-0.15, -0.1) is 11.6 Å². The topological polar surface area (TPSA) is 76.1 Å². The molecule has 37 heavy (non-hydrogen) atoms. The third-order valence-electron chi connectivity index (χ3n) is 7.53. The van der Waals surface area contributed by atoms with E-state index >= 15 is 0 Å². The van der Waals surface area contributed by atoms with Gasteiger partial charge in [0.1, 0.15) is 6.61 Å². The molecule has 1 saturated heterocycles. The third kappa shape index (κ3) is 9.82. The summed E-state index contributed by atoms with van der Waals surface area (Å²) in [5.41, 5.74) is 1.78. The number of unbranched alkanes of at least 4 members (excludes halogenated alkanes) is 3. The molecule has 0 radical (unpaired) electrons. The van der Waals surface area contributed by atoms with E-state index in [0.717, 1.165) is 82.5 Å². The van der Waals surface area contributed by atoms with Gasteiger partial charge in [-0.1, -0.05) is 56.2 Å². The van der Waals surface area contributed by atoms with Crippen molar-refractivity contribution >= 4 is 23.4 Å². The Balaban J connectivity index is 1.39. The molecule has 7 heteroatoms. The average molecular weight is 534 g/mol. The average Bonchev–Trinajstić information content (AvgIpc) is 3.19. The fourth-order valence-electron chi connectivity index (χ4n) is 5.32. The Labute approximate surface area is 227 Å². The molecule has 0 aromatic heterocycles. The van der Waals surface area contributed by atoms with Crippen LogP contribution in [0, 0.1) is 5.92 Å². The van der Waals surface area contributed by atoms with Crippen molar-refractivity contribution in [3.05, 3.63) is 47.5 Å². The first-order valence-electron chi connectivity index (χ1n) is 14.1. The second-order valence-electron chi connectivity index (χ2n) is 10.3. The zero-order valence-corrected chi connectivity index (χ0v) is 23.0. The highest BCUT2D eigenvalue weighted by atomic mass is 35.5. The lowest BCUT2D eigenvalue weighted by Crippen LogP contribution is -2.38. The second-order valence-corrected chi connectivity index (χ2v) is 10.8. The van der Waals surface area contributed by atoms with Crippen LogP contribution in [0.25, 0.3) is 0 Å². The first-order valence-corrected chi connectivity index (χ1v) is 14.5. The van der Waals surface area contributed by atoms with Crippen LogP contribution in [0.5, 0.6) is 0 Å². The summed E-state index contributed by atoms with van der Waals surface area (Å²) >= 11 is 6.64. The molecule has 1 N–H and O–H groups in total. The number of alkyl halides is 1. The van der Waals surface area contributed by atoms with E-state index in [2.05, 4.69) is 24.0 Å². The molecule has 6 nitrogen and oxygen atoms in total. The number of ketones is 1. The predicted molar refractivity (Wildman–Crippen MR) is 147 cm³/mol. The maximum absolute atomic E-state index is 12.4. The predicted octanol–water partition coefficient (Wildman–Crippen LogP) is 5.51. The number of hydrogen-bond donors (Lipinski definition) is 1. The highest BCUT2D eigenvalue weighted by Crippen LogP contribution is 2.44. The summed E-state index contributed by atoms with van der Waals surface area (Å²) in [7, 11) is 0. The second kappa shape index (κ2) is 16.3.